The van der Waals surface area contributed by atoms with Gasteiger partial charge in [-0.3, -0.25) is 9.59 Å². The van der Waals surface area contributed by atoms with Crippen molar-refractivity contribution >= 4 is 23.2 Å². The van der Waals surface area contributed by atoms with Gasteiger partial charge in [-0.05, 0) is 5.41 Å². The Balaban J connectivity index is 1.92. The van der Waals surface area contributed by atoms with Crippen molar-refractivity contribution in [3.8, 4) is 0 Å². The number of hydrogen-bond donors (Lipinski definition) is 2. The molecule has 1 fully saturated rings. The number of aromatic nitrogens is 1. The summed E-state index contributed by atoms with van der Waals surface area (Å²) in [5.41, 5.74) is -0.446. The molecule has 0 bridgehead atoms. The molecule has 6 heteroatoms. The van der Waals surface area contributed by atoms with Crippen molar-refractivity contribution in [2.45, 2.75) is 20.4 Å². The summed E-state index contributed by atoms with van der Waals surface area (Å²) in [5, 5.41) is 14.4. The van der Waals surface area contributed by atoms with E-state index in [1.54, 1.807) is 20.0 Å². The molecule has 2 rings (SSSR count). The summed E-state index contributed by atoms with van der Waals surface area (Å²) in [5.74, 6) is -2.10. The number of hydrogen-bond acceptors (Lipinski definition) is 4. The fourth-order valence-electron chi connectivity index (χ4n) is 2.20. The van der Waals surface area contributed by atoms with E-state index in [1.165, 1.54) is 11.3 Å². The maximum absolute atomic E-state index is 11.8. The Morgan fingerprint density at radius 2 is 2.24 bits per heavy atom. The van der Waals surface area contributed by atoms with Crippen LogP contribution in [0.25, 0.3) is 0 Å². The van der Waals surface area contributed by atoms with Crippen molar-refractivity contribution in [1.29, 1.82) is 0 Å². The van der Waals surface area contributed by atoms with Crippen molar-refractivity contribution in [2.24, 2.45) is 17.3 Å². The predicted molar refractivity (Wildman–Crippen MR) is 62.4 cm³/mol. The number of carbonyl (C=O) groups excluding carboxylic acids is 1. The Hall–Kier alpha value is -1.43. The first kappa shape index (κ1) is 12.0. The SMILES string of the molecule is CC1(C)[C@H](C(=O)O)[C@@H]1C(=O)NCc1nccs1. The van der Waals surface area contributed by atoms with Gasteiger partial charge in [-0.25, -0.2) is 4.98 Å². The number of carboxylic acid groups (broad SMARTS) is 1. The number of nitrogens with one attached hydrogen (secondary N) is 1. The van der Waals surface area contributed by atoms with Crippen LogP contribution >= 0.6 is 11.3 Å². The highest BCUT2D eigenvalue weighted by atomic mass is 32.1. The van der Waals surface area contributed by atoms with Crippen LogP contribution in [0, 0.1) is 17.3 Å². The zero-order chi connectivity index (χ0) is 12.6. The van der Waals surface area contributed by atoms with Gasteiger partial charge in [0.15, 0.2) is 0 Å². The van der Waals surface area contributed by atoms with Crippen molar-refractivity contribution in [1.82, 2.24) is 10.3 Å². The highest BCUT2D eigenvalue weighted by Crippen LogP contribution is 2.58. The molecule has 1 saturated carbocycles. The molecular weight excluding hydrogens is 240 g/mol. The van der Waals surface area contributed by atoms with Gasteiger partial charge in [-0.2, -0.15) is 0 Å². The molecule has 0 aromatic carbocycles. The number of aliphatic carboxylic acids is 1. The van der Waals surface area contributed by atoms with Gasteiger partial charge in [0, 0.05) is 11.6 Å². The Morgan fingerprint density at radius 3 is 2.71 bits per heavy atom. The monoisotopic (exact) mass is 254 g/mol. The van der Waals surface area contributed by atoms with E-state index in [1.807, 2.05) is 5.38 Å². The summed E-state index contributed by atoms with van der Waals surface area (Å²) >= 11 is 1.46. The lowest BCUT2D eigenvalue weighted by Crippen LogP contribution is -2.26. The zero-order valence-corrected chi connectivity index (χ0v) is 10.5. The second-order valence-corrected chi connectivity index (χ2v) is 5.74. The first-order valence-electron chi connectivity index (χ1n) is 5.33. The second kappa shape index (κ2) is 4.10. The van der Waals surface area contributed by atoms with E-state index in [9.17, 15) is 9.59 Å². The number of carbonyl (C=O) groups is 2. The van der Waals surface area contributed by atoms with E-state index in [-0.39, 0.29) is 5.91 Å². The van der Waals surface area contributed by atoms with Crippen LogP contribution in [0.4, 0.5) is 0 Å². The minimum Gasteiger partial charge on any atom is -0.481 e. The molecule has 1 aromatic heterocycles. The lowest BCUT2D eigenvalue weighted by Gasteiger charge is -2.03. The summed E-state index contributed by atoms with van der Waals surface area (Å²) in [6, 6.07) is 0. The van der Waals surface area contributed by atoms with Gasteiger partial charge in [0.1, 0.15) is 5.01 Å². The number of rotatable bonds is 4. The summed E-state index contributed by atoms with van der Waals surface area (Å²) in [6.45, 7) is 3.98. The molecule has 0 spiro atoms. The third-order valence-electron chi connectivity index (χ3n) is 3.27. The second-order valence-electron chi connectivity index (χ2n) is 4.76. The first-order valence-corrected chi connectivity index (χ1v) is 6.21. The Morgan fingerprint density at radius 1 is 1.53 bits per heavy atom. The van der Waals surface area contributed by atoms with Gasteiger partial charge < -0.3 is 10.4 Å². The van der Waals surface area contributed by atoms with Crippen LogP contribution in [0.3, 0.4) is 0 Å². The van der Waals surface area contributed by atoms with E-state index in [2.05, 4.69) is 10.3 Å². The Kier molecular flexibility index (Phi) is 2.91. The van der Waals surface area contributed by atoms with E-state index >= 15 is 0 Å². The van der Waals surface area contributed by atoms with Crippen molar-refractivity contribution in [3.63, 3.8) is 0 Å². The molecule has 1 amide bonds. The molecule has 92 valence electrons. The molecular formula is C11H14N2O3S. The van der Waals surface area contributed by atoms with Crippen LogP contribution in [-0.4, -0.2) is 22.0 Å². The number of nitrogens with zero attached hydrogens (tertiary/aromatic N) is 1. The van der Waals surface area contributed by atoms with Gasteiger partial charge in [-0.1, -0.05) is 13.8 Å². The molecule has 2 atom stereocenters. The molecule has 1 aliphatic carbocycles. The quantitative estimate of drug-likeness (QED) is 0.843. The number of carboxylic acids is 1. The molecule has 1 heterocycles. The average Bonchev–Trinajstić information content (AvgIpc) is 2.65. The molecule has 17 heavy (non-hydrogen) atoms. The van der Waals surface area contributed by atoms with Gasteiger partial charge in [-0.15, -0.1) is 11.3 Å². The van der Waals surface area contributed by atoms with Crippen molar-refractivity contribution in [3.05, 3.63) is 16.6 Å². The molecule has 0 aliphatic heterocycles. The Labute approximate surface area is 103 Å². The summed E-state index contributed by atoms with van der Waals surface area (Å²) in [6.07, 6.45) is 1.67. The lowest BCUT2D eigenvalue weighted by atomic mass is 10.1. The Bertz CT molecular complexity index is 442. The highest BCUT2D eigenvalue weighted by Gasteiger charge is 2.65. The van der Waals surface area contributed by atoms with Crippen LogP contribution < -0.4 is 5.32 Å². The fourth-order valence-corrected chi connectivity index (χ4v) is 2.76. The average molecular weight is 254 g/mol. The van der Waals surface area contributed by atoms with Gasteiger partial charge in [0.05, 0.1) is 18.4 Å². The summed E-state index contributed by atoms with van der Waals surface area (Å²) < 4.78 is 0. The molecule has 0 radical (unpaired) electrons. The summed E-state index contributed by atoms with van der Waals surface area (Å²) in [7, 11) is 0. The topological polar surface area (TPSA) is 79.3 Å². The van der Waals surface area contributed by atoms with Crippen molar-refractivity contribution < 1.29 is 14.7 Å². The molecule has 0 unspecified atom stereocenters. The molecule has 0 saturated heterocycles. The lowest BCUT2D eigenvalue weighted by molar-refractivity contribution is -0.140. The fraction of sp³-hybridized carbons (Fsp3) is 0.545. The third kappa shape index (κ3) is 2.17. The normalized spacial score (nSPS) is 25.3. The predicted octanol–water partition coefficient (Wildman–Crippen LogP) is 1.12. The minimum atomic E-state index is -0.899. The van der Waals surface area contributed by atoms with E-state index in [4.69, 9.17) is 5.11 Å². The third-order valence-corrected chi connectivity index (χ3v) is 4.05. The molecule has 2 N–H and O–H groups in total. The van der Waals surface area contributed by atoms with Crippen LogP contribution in [-0.2, 0) is 16.1 Å². The maximum atomic E-state index is 11.8. The van der Waals surface area contributed by atoms with Crippen LogP contribution in [0.15, 0.2) is 11.6 Å². The van der Waals surface area contributed by atoms with Gasteiger partial charge >= 0.3 is 5.97 Å². The van der Waals surface area contributed by atoms with Gasteiger partial charge in [0.25, 0.3) is 0 Å². The summed E-state index contributed by atoms with van der Waals surface area (Å²) in [4.78, 5) is 26.8. The minimum absolute atomic E-state index is 0.197. The molecule has 1 aromatic rings. The van der Waals surface area contributed by atoms with E-state index < -0.39 is 23.2 Å². The number of amides is 1. The van der Waals surface area contributed by atoms with Crippen LogP contribution in [0.5, 0.6) is 0 Å². The highest BCUT2D eigenvalue weighted by molar-refractivity contribution is 7.09. The van der Waals surface area contributed by atoms with Gasteiger partial charge in [0.2, 0.25) is 5.91 Å². The zero-order valence-electron chi connectivity index (χ0n) is 9.64. The van der Waals surface area contributed by atoms with Crippen LogP contribution in [0.1, 0.15) is 18.9 Å². The standard InChI is InChI=1S/C11H14N2O3S/c1-11(2)7(8(11)10(15)16)9(14)13-5-6-12-3-4-17-6/h3-4,7-8H,5H2,1-2H3,(H,13,14)(H,15,16)/t7-,8+/m1/s1. The maximum Gasteiger partial charge on any atom is 0.307 e. The number of thiazole rings is 1. The molecule has 5 nitrogen and oxygen atoms in total. The smallest absolute Gasteiger partial charge is 0.307 e. The van der Waals surface area contributed by atoms with Crippen molar-refractivity contribution in [2.75, 3.05) is 0 Å². The van der Waals surface area contributed by atoms with Crippen LogP contribution in [0.2, 0.25) is 0 Å². The molecule has 1 aliphatic rings. The van der Waals surface area contributed by atoms with E-state index in [0.717, 1.165) is 5.01 Å². The largest absolute Gasteiger partial charge is 0.481 e. The van der Waals surface area contributed by atoms with E-state index in [0.29, 0.717) is 6.54 Å². The first-order chi connectivity index (χ1) is 7.94.